The Kier molecular flexibility index (Phi) is 13.4. The lowest BCUT2D eigenvalue weighted by molar-refractivity contribution is -0.130. The number of phenols is 2. The van der Waals surface area contributed by atoms with E-state index in [-0.39, 0.29) is 50.3 Å². The Morgan fingerprint density at radius 1 is 0.661 bits per heavy atom. The van der Waals surface area contributed by atoms with E-state index in [1.54, 1.807) is 36.7 Å². The Labute approximate surface area is 328 Å². The second-order valence-electron chi connectivity index (χ2n) is 13.2. The molecule has 1 aliphatic rings. The SMILES string of the molecule is C[C@@H]1NC(=O)CNc2ncc(s2)Cc2cc(ccc2O)C[C@@H](C(N)=O)NC(=O)[C@H](C)NC(=O)CNc2ncc(s2)Cc2cc(ccc2O)C[C@@H](C(N)=O)NC1=O. The average molecular weight is 807 g/mol. The van der Waals surface area contributed by atoms with Crippen molar-refractivity contribution in [2.75, 3.05) is 23.7 Å². The van der Waals surface area contributed by atoms with Crippen molar-refractivity contribution in [2.24, 2.45) is 11.5 Å². The monoisotopic (exact) mass is 806 g/mol. The van der Waals surface area contributed by atoms with Crippen LogP contribution < -0.4 is 43.4 Å². The summed E-state index contributed by atoms with van der Waals surface area (Å²) in [5, 5.41) is 38.1. The van der Waals surface area contributed by atoms with Gasteiger partial charge in [0.1, 0.15) is 35.7 Å². The Morgan fingerprint density at radius 3 is 1.43 bits per heavy atom. The van der Waals surface area contributed by atoms with E-state index in [2.05, 4.69) is 41.9 Å². The third-order valence-corrected chi connectivity index (χ3v) is 10.6. The number of aromatic nitrogens is 2. The van der Waals surface area contributed by atoms with Crippen molar-refractivity contribution in [3.8, 4) is 11.5 Å². The second kappa shape index (κ2) is 18.4. The van der Waals surface area contributed by atoms with Gasteiger partial charge in [-0.2, -0.15) is 0 Å². The molecule has 5 rings (SSSR count). The van der Waals surface area contributed by atoms with Crippen molar-refractivity contribution in [3.63, 3.8) is 0 Å². The third kappa shape index (κ3) is 11.4. The number of fused-ring (bicyclic) bond motifs is 8. The van der Waals surface area contributed by atoms with E-state index in [0.29, 0.717) is 32.5 Å². The van der Waals surface area contributed by atoms with Crippen LogP contribution in [0.4, 0.5) is 10.3 Å². The number of hydrogen-bond donors (Lipinski definition) is 10. The summed E-state index contributed by atoms with van der Waals surface area (Å²) < 4.78 is 0. The molecule has 0 saturated heterocycles. The predicted octanol–water partition coefficient (Wildman–Crippen LogP) is -0.235. The minimum Gasteiger partial charge on any atom is -0.508 e. The van der Waals surface area contributed by atoms with E-state index in [4.69, 9.17) is 11.5 Å². The number of phenolic OH excluding ortho intramolecular Hbond substituents is 2. The van der Waals surface area contributed by atoms with Gasteiger partial charge in [-0.15, -0.1) is 22.7 Å². The van der Waals surface area contributed by atoms with Gasteiger partial charge in [0.05, 0.1) is 13.1 Å². The number of anilines is 2. The van der Waals surface area contributed by atoms with Gasteiger partial charge in [-0.25, -0.2) is 9.97 Å². The lowest BCUT2D eigenvalue weighted by Crippen LogP contribution is -2.53. The largest absolute Gasteiger partial charge is 0.508 e. The highest BCUT2D eigenvalue weighted by Gasteiger charge is 2.25. The van der Waals surface area contributed by atoms with Gasteiger partial charge in [-0.1, -0.05) is 24.3 Å². The molecule has 8 bridgehead atoms. The molecule has 4 aromatic rings. The van der Waals surface area contributed by atoms with E-state index < -0.39 is 59.6 Å². The first-order valence-corrected chi connectivity index (χ1v) is 19.0. The van der Waals surface area contributed by atoms with Crippen LogP contribution in [0, 0.1) is 0 Å². The molecule has 0 spiro atoms. The standard InChI is InChI=1S/C36H42N10O8S2/c1-17-33(53)45-25(31(37)51)9-19-3-5-27(47)21(7-19)11-24-14-40-36(56-24)42-16-30(50)44-18(2)34(54)46-26(32(38)52)10-20-4-6-28(48)22(8-20)12-23-13-39-35(55-23)41-15-29(49)43-17/h3-8,13-14,17-18,25-26,47-48H,9-12,15-16H2,1-2H3,(H2,37,51)(H2,38,52)(H,39,41)(H,40,42)(H,43,49)(H,44,50)(H,45,53)(H,46,54)/t17-,18-,25-,26-/m0/s1. The van der Waals surface area contributed by atoms with Crippen LogP contribution in [0.5, 0.6) is 11.5 Å². The third-order valence-electron chi connectivity index (χ3n) is 8.67. The Bertz CT molecular complexity index is 1970. The minimum absolute atomic E-state index is 0.00886. The van der Waals surface area contributed by atoms with Crippen LogP contribution in [0.15, 0.2) is 48.8 Å². The molecular formula is C36H42N10O8S2. The molecule has 20 heteroatoms. The summed E-state index contributed by atoms with van der Waals surface area (Å²) >= 11 is 2.46. The molecule has 2 aromatic carbocycles. The molecule has 0 unspecified atom stereocenters. The lowest BCUT2D eigenvalue weighted by Gasteiger charge is -2.20. The number of thiazole rings is 2. The van der Waals surface area contributed by atoms with E-state index >= 15 is 0 Å². The van der Waals surface area contributed by atoms with Crippen molar-refractivity contribution < 1.29 is 39.0 Å². The number of aromatic hydroxyl groups is 2. The van der Waals surface area contributed by atoms with Gasteiger partial charge < -0.3 is 53.6 Å². The van der Waals surface area contributed by atoms with E-state index in [1.165, 1.54) is 48.7 Å². The number of rotatable bonds is 2. The van der Waals surface area contributed by atoms with Crippen molar-refractivity contribution in [1.29, 1.82) is 0 Å². The molecule has 0 fully saturated rings. The van der Waals surface area contributed by atoms with Crippen LogP contribution in [-0.4, -0.2) is 92.9 Å². The van der Waals surface area contributed by atoms with Gasteiger partial charge in [-0.3, -0.25) is 28.8 Å². The maximum Gasteiger partial charge on any atom is 0.242 e. The van der Waals surface area contributed by atoms with Crippen LogP contribution >= 0.6 is 22.7 Å². The number of primary amides is 2. The Balaban J connectivity index is 1.35. The maximum atomic E-state index is 13.0. The van der Waals surface area contributed by atoms with Crippen LogP contribution in [-0.2, 0) is 54.5 Å². The summed E-state index contributed by atoms with van der Waals surface area (Å²) in [6.07, 6.45) is 3.67. The first-order valence-electron chi connectivity index (χ1n) is 17.4. The summed E-state index contributed by atoms with van der Waals surface area (Å²) in [7, 11) is 0. The number of nitrogens with one attached hydrogen (secondary N) is 6. The van der Waals surface area contributed by atoms with E-state index in [9.17, 15) is 39.0 Å². The minimum atomic E-state index is -1.12. The van der Waals surface area contributed by atoms with Gasteiger partial charge in [-0.05, 0) is 48.2 Å². The Hall–Kier alpha value is -6.28. The highest BCUT2D eigenvalue weighted by molar-refractivity contribution is 7.15. The molecular weight excluding hydrogens is 765 g/mol. The number of carbonyl (C=O) groups is 6. The second-order valence-corrected chi connectivity index (χ2v) is 15.4. The summed E-state index contributed by atoms with van der Waals surface area (Å²) in [5.41, 5.74) is 13.5. The fourth-order valence-corrected chi connectivity index (χ4v) is 7.33. The van der Waals surface area contributed by atoms with Gasteiger partial charge in [0.15, 0.2) is 10.3 Å². The van der Waals surface area contributed by atoms with Crippen molar-refractivity contribution >= 4 is 68.4 Å². The first kappa shape index (κ1) is 40.9. The normalized spacial score (nSPS) is 20.6. The van der Waals surface area contributed by atoms with Crippen molar-refractivity contribution in [1.82, 2.24) is 31.2 Å². The molecule has 1 aliphatic heterocycles. The maximum absolute atomic E-state index is 13.0. The highest BCUT2D eigenvalue weighted by Crippen LogP contribution is 2.28. The molecule has 2 aromatic heterocycles. The smallest absolute Gasteiger partial charge is 0.242 e. The van der Waals surface area contributed by atoms with Crippen LogP contribution in [0.2, 0.25) is 0 Å². The topological polar surface area (TPSA) is 293 Å². The number of carbonyl (C=O) groups excluding carboxylic acids is 6. The van der Waals surface area contributed by atoms with Gasteiger partial charge in [0, 0.05) is 47.8 Å². The summed E-state index contributed by atoms with van der Waals surface area (Å²) in [6.45, 7) is 2.48. The van der Waals surface area contributed by atoms with Crippen LogP contribution in [0.3, 0.4) is 0 Å². The molecule has 0 saturated carbocycles. The number of amides is 6. The van der Waals surface area contributed by atoms with E-state index in [1.807, 2.05) is 0 Å². The lowest BCUT2D eigenvalue weighted by atomic mass is 10.0. The van der Waals surface area contributed by atoms with Gasteiger partial charge >= 0.3 is 0 Å². The van der Waals surface area contributed by atoms with Gasteiger partial charge in [0.2, 0.25) is 35.4 Å². The molecule has 18 nitrogen and oxygen atoms in total. The van der Waals surface area contributed by atoms with Crippen molar-refractivity contribution in [2.45, 2.75) is 63.7 Å². The number of nitrogens with two attached hydrogens (primary N) is 2. The summed E-state index contributed by atoms with van der Waals surface area (Å²) in [5.74, 6) is -3.92. The number of benzene rings is 2. The number of nitrogens with zero attached hydrogens (tertiary/aromatic N) is 2. The van der Waals surface area contributed by atoms with Crippen molar-refractivity contribution in [3.05, 3.63) is 80.8 Å². The van der Waals surface area contributed by atoms with Gasteiger partial charge in [0.25, 0.3) is 0 Å². The van der Waals surface area contributed by atoms with Crippen LogP contribution in [0.1, 0.15) is 45.9 Å². The molecule has 12 N–H and O–H groups in total. The summed E-state index contributed by atoms with van der Waals surface area (Å²) in [4.78, 5) is 86.2. The summed E-state index contributed by atoms with van der Waals surface area (Å²) in [6, 6.07) is 5.19. The molecule has 56 heavy (non-hydrogen) atoms. The zero-order valence-electron chi connectivity index (χ0n) is 30.4. The van der Waals surface area contributed by atoms with Crippen LogP contribution in [0.25, 0.3) is 0 Å². The van der Waals surface area contributed by atoms with E-state index in [0.717, 1.165) is 9.75 Å². The Morgan fingerprint density at radius 2 is 1.05 bits per heavy atom. The molecule has 6 amide bonds. The molecule has 3 heterocycles. The predicted molar refractivity (Wildman–Crippen MR) is 208 cm³/mol. The zero-order valence-corrected chi connectivity index (χ0v) is 32.0. The molecule has 0 aliphatic carbocycles. The zero-order chi connectivity index (χ0) is 40.5. The quantitative estimate of drug-likeness (QED) is 0.126. The number of hydrogen-bond acceptors (Lipinski definition) is 14. The first-order chi connectivity index (χ1) is 26.6. The molecule has 0 radical (unpaired) electrons. The molecule has 4 atom stereocenters. The molecule has 296 valence electrons. The average Bonchev–Trinajstić information content (AvgIpc) is 3.80. The fourth-order valence-electron chi connectivity index (χ4n) is 5.67. The highest BCUT2D eigenvalue weighted by atomic mass is 32.1. The fraction of sp³-hybridized carbons (Fsp3) is 0.333.